The van der Waals surface area contributed by atoms with Gasteiger partial charge in [-0.3, -0.25) is 4.79 Å². The van der Waals surface area contributed by atoms with Crippen LogP contribution in [0.2, 0.25) is 0 Å². The molecule has 1 amide bonds. The number of ether oxygens (including phenoxy) is 2. The maximum atomic E-state index is 12.9. The Labute approximate surface area is 176 Å². The minimum atomic E-state index is 0. The molecule has 1 aliphatic rings. The highest BCUT2D eigenvalue weighted by Crippen LogP contribution is 2.30. The molecule has 5 nitrogen and oxygen atoms in total. The number of nitrogens with two attached hydrogens (primary N) is 1. The first-order chi connectivity index (χ1) is 13.1. The van der Waals surface area contributed by atoms with Crippen molar-refractivity contribution in [2.45, 2.75) is 65.3 Å². The zero-order valence-corrected chi connectivity index (χ0v) is 18.4. The molecule has 160 valence electrons. The average Bonchev–Trinajstić information content (AvgIpc) is 2.68. The average molecular weight is 413 g/mol. The molecular formula is C22H37ClN2O3. The van der Waals surface area contributed by atoms with E-state index in [4.69, 9.17) is 15.2 Å². The molecule has 0 aromatic heterocycles. The largest absolute Gasteiger partial charge is 0.490 e. The van der Waals surface area contributed by atoms with Gasteiger partial charge in [-0.2, -0.15) is 0 Å². The van der Waals surface area contributed by atoms with Crippen LogP contribution in [0.5, 0.6) is 11.5 Å². The second-order valence-electron chi connectivity index (χ2n) is 7.55. The quantitative estimate of drug-likeness (QED) is 0.567. The van der Waals surface area contributed by atoms with E-state index >= 15 is 0 Å². The van der Waals surface area contributed by atoms with Crippen molar-refractivity contribution in [1.82, 2.24) is 4.90 Å². The Morgan fingerprint density at radius 2 is 1.68 bits per heavy atom. The van der Waals surface area contributed by atoms with Gasteiger partial charge in [0.15, 0.2) is 11.5 Å². The summed E-state index contributed by atoms with van der Waals surface area (Å²) in [5.41, 5.74) is 6.68. The van der Waals surface area contributed by atoms with Crippen LogP contribution < -0.4 is 15.2 Å². The number of halogens is 1. The third-order valence-electron chi connectivity index (χ3n) is 5.27. The summed E-state index contributed by atoms with van der Waals surface area (Å²) in [7, 11) is 0. The SMILES string of the molecule is CCCCOc1ccc(C(=O)N2CCC(C(C)N)CC2)cc1OCCCC.Cl. The van der Waals surface area contributed by atoms with Crippen molar-refractivity contribution in [3.05, 3.63) is 23.8 Å². The molecule has 1 unspecified atom stereocenters. The van der Waals surface area contributed by atoms with Crippen molar-refractivity contribution in [2.75, 3.05) is 26.3 Å². The minimum Gasteiger partial charge on any atom is -0.490 e. The normalized spacial score (nSPS) is 15.6. The molecule has 2 N–H and O–H groups in total. The van der Waals surface area contributed by atoms with Crippen molar-refractivity contribution < 1.29 is 14.3 Å². The van der Waals surface area contributed by atoms with Crippen LogP contribution in [0, 0.1) is 5.92 Å². The highest BCUT2D eigenvalue weighted by Gasteiger charge is 2.26. The van der Waals surface area contributed by atoms with E-state index in [1.807, 2.05) is 23.1 Å². The second kappa shape index (κ2) is 12.9. The molecule has 6 heteroatoms. The van der Waals surface area contributed by atoms with Crippen LogP contribution in [0.25, 0.3) is 0 Å². The summed E-state index contributed by atoms with van der Waals surface area (Å²) in [6.07, 6.45) is 6.09. The first kappa shape index (κ1) is 24.6. The van der Waals surface area contributed by atoms with E-state index in [2.05, 4.69) is 20.8 Å². The minimum absolute atomic E-state index is 0. The summed E-state index contributed by atoms with van der Waals surface area (Å²) in [6, 6.07) is 5.77. The Bertz CT molecular complexity index is 587. The number of carbonyl (C=O) groups is 1. The van der Waals surface area contributed by atoms with Crippen LogP contribution in [-0.4, -0.2) is 43.2 Å². The van der Waals surface area contributed by atoms with Crippen molar-refractivity contribution >= 4 is 18.3 Å². The van der Waals surface area contributed by atoms with Gasteiger partial charge in [-0.1, -0.05) is 26.7 Å². The van der Waals surface area contributed by atoms with E-state index < -0.39 is 0 Å². The molecule has 0 aliphatic carbocycles. The van der Waals surface area contributed by atoms with Gasteiger partial charge in [0.05, 0.1) is 13.2 Å². The van der Waals surface area contributed by atoms with E-state index in [0.29, 0.717) is 30.4 Å². The molecule has 1 aromatic rings. The molecule has 0 saturated carbocycles. The number of nitrogens with zero attached hydrogens (tertiary/aromatic N) is 1. The van der Waals surface area contributed by atoms with Crippen molar-refractivity contribution in [2.24, 2.45) is 11.7 Å². The smallest absolute Gasteiger partial charge is 0.253 e. The molecule has 1 aliphatic heterocycles. The second-order valence-corrected chi connectivity index (χ2v) is 7.55. The van der Waals surface area contributed by atoms with Crippen molar-refractivity contribution in [1.29, 1.82) is 0 Å². The summed E-state index contributed by atoms with van der Waals surface area (Å²) in [5.74, 6) is 1.98. The maximum Gasteiger partial charge on any atom is 0.253 e. The fourth-order valence-corrected chi connectivity index (χ4v) is 3.34. The lowest BCUT2D eigenvalue weighted by atomic mass is 9.90. The number of likely N-dealkylation sites (tertiary alicyclic amines) is 1. The van der Waals surface area contributed by atoms with E-state index in [1.165, 1.54) is 0 Å². The van der Waals surface area contributed by atoms with Crippen molar-refractivity contribution in [3.63, 3.8) is 0 Å². The number of hydrogen-bond acceptors (Lipinski definition) is 4. The van der Waals surface area contributed by atoms with Gasteiger partial charge in [-0.25, -0.2) is 0 Å². The maximum absolute atomic E-state index is 12.9. The zero-order valence-electron chi connectivity index (χ0n) is 17.6. The van der Waals surface area contributed by atoms with Gasteiger partial charge < -0.3 is 20.1 Å². The highest BCUT2D eigenvalue weighted by atomic mass is 35.5. The van der Waals surface area contributed by atoms with Gasteiger partial charge in [0.2, 0.25) is 0 Å². The molecular weight excluding hydrogens is 376 g/mol. The van der Waals surface area contributed by atoms with E-state index in [9.17, 15) is 4.79 Å². The molecule has 1 heterocycles. The van der Waals surface area contributed by atoms with Crippen LogP contribution in [0.1, 0.15) is 69.7 Å². The van der Waals surface area contributed by atoms with Gasteiger partial charge in [0, 0.05) is 24.7 Å². The van der Waals surface area contributed by atoms with Crippen LogP contribution in [0.15, 0.2) is 18.2 Å². The Hall–Kier alpha value is -1.46. The van der Waals surface area contributed by atoms with Gasteiger partial charge in [0.25, 0.3) is 5.91 Å². The molecule has 1 aromatic carbocycles. The van der Waals surface area contributed by atoms with Crippen LogP contribution in [-0.2, 0) is 0 Å². The Morgan fingerprint density at radius 3 is 2.21 bits per heavy atom. The number of rotatable bonds is 10. The van der Waals surface area contributed by atoms with Crippen molar-refractivity contribution in [3.8, 4) is 11.5 Å². The molecule has 1 saturated heterocycles. The number of unbranched alkanes of at least 4 members (excludes halogenated alkanes) is 2. The lowest BCUT2D eigenvalue weighted by Crippen LogP contribution is -2.42. The highest BCUT2D eigenvalue weighted by molar-refractivity contribution is 5.95. The molecule has 0 bridgehead atoms. The standard InChI is InChI=1S/C22H36N2O3.ClH/c1-4-6-14-26-20-9-8-19(16-21(20)27-15-7-5-2)22(25)24-12-10-18(11-13-24)17(3)23;/h8-9,16-18H,4-7,10-15,23H2,1-3H3;1H. The fourth-order valence-electron chi connectivity index (χ4n) is 3.34. The molecule has 28 heavy (non-hydrogen) atoms. The monoisotopic (exact) mass is 412 g/mol. The summed E-state index contributed by atoms with van der Waals surface area (Å²) >= 11 is 0. The van der Waals surface area contributed by atoms with Gasteiger partial charge >= 0.3 is 0 Å². The first-order valence-corrected chi connectivity index (χ1v) is 10.5. The lowest BCUT2D eigenvalue weighted by molar-refractivity contribution is 0.0680. The Kier molecular flexibility index (Phi) is 11.3. The third-order valence-corrected chi connectivity index (χ3v) is 5.27. The summed E-state index contributed by atoms with van der Waals surface area (Å²) in [6.45, 7) is 9.17. The predicted molar refractivity (Wildman–Crippen MR) is 117 cm³/mol. The van der Waals surface area contributed by atoms with Gasteiger partial charge in [0.1, 0.15) is 0 Å². The first-order valence-electron chi connectivity index (χ1n) is 10.5. The number of hydrogen-bond donors (Lipinski definition) is 1. The number of piperidine rings is 1. The Morgan fingerprint density at radius 1 is 1.11 bits per heavy atom. The van der Waals surface area contributed by atoms with E-state index in [0.717, 1.165) is 57.4 Å². The number of amides is 1. The van der Waals surface area contributed by atoms with E-state index in [1.54, 1.807) is 0 Å². The summed E-state index contributed by atoms with van der Waals surface area (Å²) < 4.78 is 11.8. The Balaban J connectivity index is 0.00000392. The molecule has 1 atom stereocenters. The van der Waals surface area contributed by atoms with Crippen LogP contribution in [0.3, 0.4) is 0 Å². The summed E-state index contributed by atoms with van der Waals surface area (Å²) in [5, 5.41) is 0. The molecule has 0 radical (unpaired) electrons. The number of carbonyl (C=O) groups excluding carboxylic acids is 1. The fraction of sp³-hybridized carbons (Fsp3) is 0.682. The third kappa shape index (κ3) is 7.17. The molecule has 2 rings (SSSR count). The molecule has 0 spiro atoms. The van der Waals surface area contributed by atoms with Gasteiger partial charge in [-0.05, 0) is 56.7 Å². The van der Waals surface area contributed by atoms with Crippen LogP contribution in [0.4, 0.5) is 0 Å². The van der Waals surface area contributed by atoms with Gasteiger partial charge in [-0.15, -0.1) is 12.4 Å². The predicted octanol–water partition coefficient (Wildman–Crippen LogP) is 4.67. The van der Waals surface area contributed by atoms with E-state index in [-0.39, 0.29) is 24.4 Å². The lowest BCUT2D eigenvalue weighted by Gasteiger charge is -2.33. The number of benzene rings is 1. The molecule has 1 fully saturated rings. The zero-order chi connectivity index (χ0) is 19.6. The van der Waals surface area contributed by atoms with Crippen LogP contribution >= 0.6 is 12.4 Å². The topological polar surface area (TPSA) is 64.8 Å². The summed E-state index contributed by atoms with van der Waals surface area (Å²) in [4.78, 5) is 14.9.